The Kier molecular flexibility index (Phi) is 6.17. The lowest BCUT2D eigenvalue weighted by Gasteiger charge is -2.34. The van der Waals surface area contributed by atoms with E-state index in [2.05, 4.69) is 48.5 Å². The van der Waals surface area contributed by atoms with Crippen LogP contribution >= 0.6 is 0 Å². The van der Waals surface area contributed by atoms with Crippen LogP contribution in [0, 0.1) is 0 Å². The number of para-hydroxylation sites is 4. The summed E-state index contributed by atoms with van der Waals surface area (Å²) in [5.74, 6) is 2.58. The molecule has 0 saturated heterocycles. The van der Waals surface area contributed by atoms with E-state index in [1.54, 1.807) is 0 Å². The van der Waals surface area contributed by atoms with Gasteiger partial charge in [-0.1, -0.05) is 60.7 Å². The lowest BCUT2D eigenvalue weighted by Crippen LogP contribution is -2.28. The van der Waals surface area contributed by atoms with Crippen LogP contribution in [-0.4, -0.2) is 0 Å². The van der Waals surface area contributed by atoms with E-state index in [1.165, 1.54) is 0 Å². The van der Waals surface area contributed by atoms with Crippen molar-refractivity contribution in [3.05, 3.63) is 156 Å². The van der Waals surface area contributed by atoms with E-state index in [0.29, 0.717) is 45.7 Å². The van der Waals surface area contributed by atoms with E-state index in [0.717, 1.165) is 33.4 Å². The van der Waals surface area contributed by atoms with Gasteiger partial charge in [0.05, 0.1) is 16.8 Å². The summed E-state index contributed by atoms with van der Waals surface area (Å²) in [4.78, 5) is 0. The Morgan fingerprint density at radius 1 is 0.419 bits per heavy atom. The summed E-state index contributed by atoms with van der Waals surface area (Å²) >= 11 is 0. The van der Waals surface area contributed by atoms with Crippen molar-refractivity contribution in [1.29, 1.82) is 0 Å². The molecule has 6 aromatic rings. The summed E-state index contributed by atoms with van der Waals surface area (Å²) in [6.45, 7) is 0. The van der Waals surface area contributed by atoms with E-state index in [1.807, 2.05) is 84.9 Å². The molecule has 1 aliphatic carbocycles. The molecule has 6 aromatic carbocycles. The van der Waals surface area contributed by atoms with Crippen LogP contribution in [-0.2, 0) is 5.41 Å². The molecular formula is C37H30N4O2. The maximum absolute atomic E-state index is 6.43. The first-order valence-electron chi connectivity index (χ1n) is 14.0. The van der Waals surface area contributed by atoms with Crippen molar-refractivity contribution < 1.29 is 9.47 Å². The molecule has 0 saturated carbocycles. The van der Waals surface area contributed by atoms with Crippen LogP contribution in [0.1, 0.15) is 22.3 Å². The average molecular weight is 563 g/mol. The highest BCUT2D eigenvalue weighted by molar-refractivity contribution is 5.88. The van der Waals surface area contributed by atoms with E-state index in [-0.39, 0.29) is 0 Å². The number of nitrogens with two attached hydrogens (primary N) is 4. The van der Waals surface area contributed by atoms with Crippen LogP contribution < -0.4 is 32.4 Å². The number of ether oxygens (including phenoxy) is 2. The fourth-order valence-electron chi connectivity index (χ4n) is 6.09. The van der Waals surface area contributed by atoms with Gasteiger partial charge in [0.1, 0.15) is 23.0 Å². The van der Waals surface area contributed by atoms with Crippen molar-refractivity contribution in [2.45, 2.75) is 5.41 Å². The highest BCUT2D eigenvalue weighted by atomic mass is 16.5. The molecule has 6 nitrogen and oxygen atoms in total. The van der Waals surface area contributed by atoms with E-state index < -0.39 is 5.41 Å². The molecule has 0 spiro atoms. The molecule has 0 unspecified atom stereocenters. The first kappa shape index (κ1) is 26.0. The van der Waals surface area contributed by atoms with Gasteiger partial charge in [0.2, 0.25) is 0 Å². The third-order valence-electron chi connectivity index (χ3n) is 8.05. The second-order valence-electron chi connectivity index (χ2n) is 10.7. The van der Waals surface area contributed by atoms with Gasteiger partial charge in [-0.15, -0.1) is 0 Å². The van der Waals surface area contributed by atoms with Crippen LogP contribution in [0.15, 0.2) is 133 Å². The van der Waals surface area contributed by atoms with Crippen LogP contribution in [0.4, 0.5) is 22.7 Å². The second kappa shape index (κ2) is 10.2. The Bertz CT molecular complexity index is 1820. The number of nitrogen functional groups attached to an aromatic ring is 4. The van der Waals surface area contributed by atoms with E-state index in [9.17, 15) is 0 Å². The first-order valence-corrected chi connectivity index (χ1v) is 14.0. The topological polar surface area (TPSA) is 123 Å². The number of rotatable bonds is 6. The van der Waals surface area contributed by atoms with E-state index in [4.69, 9.17) is 32.4 Å². The van der Waals surface area contributed by atoms with Crippen molar-refractivity contribution >= 4 is 22.7 Å². The number of benzene rings is 6. The first-order chi connectivity index (χ1) is 20.9. The SMILES string of the molecule is Nc1ccc2c(c1)C(c1ccc(Oc3ccccc3N)cc1)(c1ccc(Oc3ccccc3N)cc1)c1cc(N)ccc1-2. The molecule has 0 heterocycles. The molecule has 0 bridgehead atoms. The van der Waals surface area contributed by atoms with Gasteiger partial charge < -0.3 is 32.4 Å². The lowest BCUT2D eigenvalue weighted by atomic mass is 9.67. The van der Waals surface area contributed by atoms with Crippen LogP contribution in [0.5, 0.6) is 23.0 Å². The fourth-order valence-corrected chi connectivity index (χ4v) is 6.09. The van der Waals surface area contributed by atoms with Crippen molar-refractivity contribution in [1.82, 2.24) is 0 Å². The molecule has 43 heavy (non-hydrogen) atoms. The van der Waals surface area contributed by atoms with Crippen molar-refractivity contribution in [3.63, 3.8) is 0 Å². The maximum Gasteiger partial charge on any atom is 0.150 e. The van der Waals surface area contributed by atoms with Crippen LogP contribution in [0.2, 0.25) is 0 Å². The van der Waals surface area contributed by atoms with Gasteiger partial charge >= 0.3 is 0 Å². The molecule has 8 N–H and O–H groups in total. The third kappa shape index (κ3) is 4.37. The number of hydrogen-bond donors (Lipinski definition) is 4. The summed E-state index contributed by atoms with van der Waals surface area (Å²) in [5.41, 5.74) is 33.4. The third-order valence-corrected chi connectivity index (χ3v) is 8.05. The summed E-state index contributed by atoms with van der Waals surface area (Å²) in [7, 11) is 0. The molecule has 7 rings (SSSR count). The number of hydrogen-bond acceptors (Lipinski definition) is 6. The highest BCUT2D eigenvalue weighted by Gasteiger charge is 2.46. The smallest absolute Gasteiger partial charge is 0.150 e. The number of anilines is 4. The zero-order chi connectivity index (χ0) is 29.6. The minimum Gasteiger partial charge on any atom is -0.455 e. The zero-order valence-corrected chi connectivity index (χ0v) is 23.3. The van der Waals surface area contributed by atoms with Gasteiger partial charge in [-0.25, -0.2) is 0 Å². The summed E-state index contributed by atoms with van der Waals surface area (Å²) < 4.78 is 12.3. The fraction of sp³-hybridized carbons (Fsp3) is 0.0270. The molecule has 6 heteroatoms. The molecule has 0 aliphatic heterocycles. The standard InChI is InChI=1S/C37H30N4O2/c38-25-13-19-29-30-20-14-26(39)22-32(30)37(31(29)21-25,23-9-15-27(16-10-23)42-35-7-3-1-5-33(35)40)24-11-17-28(18-12-24)43-36-8-4-2-6-34(36)41/h1-22H,38-41H2. The van der Waals surface area contributed by atoms with Crippen molar-refractivity contribution in [2.75, 3.05) is 22.9 Å². The largest absolute Gasteiger partial charge is 0.455 e. The van der Waals surface area contributed by atoms with Gasteiger partial charge in [0.15, 0.2) is 0 Å². The molecular weight excluding hydrogens is 532 g/mol. The lowest BCUT2D eigenvalue weighted by molar-refractivity contribution is 0.484. The summed E-state index contributed by atoms with van der Waals surface area (Å²) in [6.07, 6.45) is 0. The Labute approximate surface area is 250 Å². The Balaban J connectivity index is 1.39. The quantitative estimate of drug-likeness (QED) is 0.153. The second-order valence-corrected chi connectivity index (χ2v) is 10.7. The van der Waals surface area contributed by atoms with E-state index >= 15 is 0 Å². The average Bonchev–Trinajstić information content (AvgIpc) is 3.29. The van der Waals surface area contributed by atoms with Gasteiger partial charge in [-0.3, -0.25) is 0 Å². The molecule has 0 fully saturated rings. The van der Waals surface area contributed by atoms with Crippen LogP contribution in [0.25, 0.3) is 11.1 Å². The highest BCUT2D eigenvalue weighted by Crippen LogP contribution is 2.57. The van der Waals surface area contributed by atoms with Gasteiger partial charge in [-0.05, 0) is 106 Å². The van der Waals surface area contributed by atoms with Crippen molar-refractivity contribution in [3.8, 4) is 34.1 Å². The molecule has 1 aliphatic rings. The maximum atomic E-state index is 6.43. The molecule has 0 atom stereocenters. The molecule has 210 valence electrons. The van der Waals surface area contributed by atoms with Gasteiger partial charge in [-0.2, -0.15) is 0 Å². The Morgan fingerprint density at radius 2 is 0.814 bits per heavy atom. The van der Waals surface area contributed by atoms with Crippen LogP contribution in [0.3, 0.4) is 0 Å². The Morgan fingerprint density at radius 3 is 1.21 bits per heavy atom. The minimum absolute atomic E-state index is 0.576. The minimum atomic E-state index is -0.704. The molecule has 0 amide bonds. The normalized spacial score (nSPS) is 12.7. The predicted molar refractivity (Wildman–Crippen MR) is 174 cm³/mol. The summed E-state index contributed by atoms with van der Waals surface area (Å²) in [6, 6.07) is 43.3. The number of fused-ring (bicyclic) bond motifs is 3. The van der Waals surface area contributed by atoms with Gasteiger partial charge in [0.25, 0.3) is 0 Å². The zero-order valence-electron chi connectivity index (χ0n) is 23.3. The van der Waals surface area contributed by atoms with Gasteiger partial charge in [0, 0.05) is 11.4 Å². The predicted octanol–water partition coefficient (Wildman–Crippen LogP) is 7.96. The molecule has 0 radical (unpaired) electrons. The molecule has 0 aromatic heterocycles. The summed E-state index contributed by atoms with van der Waals surface area (Å²) in [5, 5.41) is 0. The van der Waals surface area contributed by atoms with Crippen molar-refractivity contribution in [2.24, 2.45) is 0 Å². The Hall–Kier alpha value is -5.88. The monoisotopic (exact) mass is 562 g/mol.